The summed E-state index contributed by atoms with van der Waals surface area (Å²) in [5.74, 6) is 2.12. The number of carbonyl (C=O) groups is 1. The van der Waals surface area contributed by atoms with Gasteiger partial charge < -0.3 is 29.4 Å². The maximum atomic E-state index is 11.4. The Bertz CT molecular complexity index is 1070. The van der Waals surface area contributed by atoms with E-state index in [-0.39, 0.29) is 6.10 Å². The molecular weight excluding hydrogens is 512 g/mol. The molecule has 1 aromatic heterocycles. The van der Waals surface area contributed by atoms with Crippen LogP contribution in [0.5, 0.6) is 5.75 Å². The molecule has 1 unspecified atom stereocenters. The van der Waals surface area contributed by atoms with Gasteiger partial charge in [0.05, 0.1) is 15.6 Å². The topological polar surface area (TPSA) is 85.3 Å². The standard InChI is InChI=1S/C22H28BrClN6O3/c1-27(2)13-5-6-30(12-13)21-25-18-15(11-16(24)17(23)19(18)33-14-3-4-14)20(26-21)28-7-9-29(10-8-28)22(31)32/h11,13-14H,3-10,12H2,1-2H3,(H,31,32). The minimum Gasteiger partial charge on any atom is -0.487 e. The molecular formula is C22H28BrClN6O3. The third kappa shape index (κ3) is 4.52. The van der Waals surface area contributed by atoms with Crippen LogP contribution >= 0.6 is 27.5 Å². The van der Waals surface area contributed by atoms with Crippen molar-refractivity contribution in [2.75, 3.05) is 63.2 Å². The van der Waals surface area contributed by atoms with Gasteiger partial charge in [-0.2, -0.15) is 4.98 Å². The first kappa shape index (κ1) is 22.7. The first-order chi connectivity index (χ1) is 15.8. The van der Waals surface area contributed by atoms with Gasteiger partial charge in [-0.15, -0.1) is 0 Å². The van der Waals surface area contributed by atoms with Gasteiger partial charge >= 0.3 is 6.09 Å². The van der Waals surface area contributed by atoms with Crippen molar-refractivity contribution in [2.24, 2.45) is 0 Å². The lowest BCUT2D eigenvalue weighted by Crippen LogP contribution is -2.48. The molecule has 0 spiro atoms. The second kappa shape index (κ2) is 8.96. The summed E-state index contributed by atoms with van der Waals surface area (Å²) in [6, 6.07) is 2.33. The molecule has 1 aromatic carbocycles. The SMILES string of the molecule is CN(C)C1CCN(c2nc(N3CCN(C(=O)O)CC3)c3cc(Cl)c(Br)c(OC4CC4)c3n2)C1. The van der Waals surface area contributed by atoms with E-state index < -0.39 is 6.09 Å². The van der Waals surface area contributed by atoms with Crippen molar-refractivity contribution in [3.8, 4) is 5.75 Å². The third-order valence-electron chi connectivity index (χ3n) is 6.64. The Balaban J connectivity index is 1.59. The number of amides is 1. The molecule has 0 bridgehead atoms. The van der Waals surface area contributed by atoms with Crippen LogP contribution in [0.4, 0.5) is 16.6 Å². The van der Waals surface area contributed by atoms with E-state index in [0.29, 0.717) is 53.4 Å². The van der Waals surface area contributed by atoms with Crippen molar-refractivity contribution >= 4 is 56.3 Å². The Kier molecular flexibility index (Phi) is 6.17. The molecule has 11 heteroatoms. The van der Waals surface area contributed by atoms with Gasteiger partial charge in [0.25, 0.3) is 0 Å². The van der Waals surface area contributed by atoms with Crippen LogP contribution in [0.1, 0.15) is 19.3 Å². The largest absolute Gasteiger partial charge is 0.487 e. The fourth-order valence-electron chi connectivity index (χ4n) is 4.45. The molecule has 1 aliphatic carbocycles. The van der Waals surface area contributed by atoms with Crippen LogP contribution in [-0.4, -0.2) is 96.5 Å². The van der Waals surface area contributed by atoms with E-state index in [1.165, 1.54) is 4.90 Å². The van der Waals surface area contributed by atoms with E-state index in [9.17, 15) is 9.90 Å². The maximum Gasteiger partial charge on any atom is 0.407 e. The second-order valence-electron chi connectivity index (χ2n) is 9.17. The monoisotopic (exact) mass is 538 g/mol. The summed E-state index contributed by atoms with van der Waals surface area (Å²) < 4.78 is 6.98. The van der Waals surface area contributed by atoms with Crippen LogP contribution in [-0.2, 0) is 0 Å². The van der Waals surface area contributed by atoms with Gasteiger partial charge in [-0.25, -0.2) is 9.78 Å². The van der Waals surface area contributed by atoms with Crippen LogP contribution in [0.15, 0.2) is 10.5 Å². The van der Waals surface area contributed by atoms with E-state index in [0.717, 1.165) is 49.1 Å². The molecule has 1 amide bonds. The number of aromatic nitrogens is 2. The summed E-state index contributed by atoms with van der Waals surface area (Å²) in [7, 11) is 4.20. The predicted molar refractivity (Wildman–Crippen MR) is 132 cm³/mol. The number of piperazine rings is 1. The summed E-state index contributed by atoms with van der Waals surface area (Å²) in [6.07, 6.45) is 2.41. The molecule has 3 aliphatic rings. The first-order valence-corrected chi connectivity index (χ1v) is 12.5. The second-order valence-corrected chi connectivity index (χ2v) is 10.4. The van der Waals surface area contributed by atoms with E-state index in [1.54, 1.807) is 0 Å². The molecule has 2 saturated heterocycles. The van der Waals surface area contributed by atoms with Crippen LogP contribution in [0, 0.1) is 0 Å². The number of anilines is 2. The molecule has 1 N–H and O–H groups in total. The minimum atomic E-state index is -0.887. The molecule has 3 fully saturated rings. The minimum absolute atomic E-state index is 0.189. The highest BCUT2D eigenvalue weighted by Gasteiger charge is 2.31. The summed E-state index contributed by atoms with van der Waals surface area (Å²) >= 11 is 10.2. The summed E-state index contributed by atoms with van der Waals surface area (Å²) in [4.78, 5) is 29.4. The zero-order valence-electron chi connectivity index (χ0n) is 18.8. The average Bonchev–Trinajstić information content (AvgIpc) is 3.48. The summed E-state index contributed by atoms with van der Waals surface area (Å²) in [5, 5.41) is 10.7. The lowest BCUT2D eigenvalue weighted by Gasteiger charge is -2.35. The molecule has 2 aliphatic heterocycles. The van der Waals surface area contributed by atoms with E-state index in [4.69, 9.17) is 26.3 Å². The van der Waals surface area contributed by atoms with Gasteiger partial charge in [0.1, 0.15) is 11.3 Å². The number of hydrogen-bond donors (Lipinski definition) is 1. The Labute approximate surface area is 206 Å². The van der Waals surface area contributed by atoms with E-state index in [1.807, 2.05) is 6.07 Å². The van der Waals surface area contributed by atoms with Gasteiger partial charge in [0.2, 0.25) is 5.95 Å². The van der Waals surface area contributed by atoms with Crippen molar-refractivity contribution in [3.63, 3.8) is 0 Å². The number of ether oxygens (including phenoxy) is 1. The molecule has 0 radical (unpaired) electrons. The predicted octanol–water partition coefficient (Wildman–Crippen LogP) is 3.53. The molecule has 1 atom stereocenters. The van der Waals surface area contributed by atoms with Gasteiger partial charge in [0, 0.05) is 50.7 Å². The van der Waals surface area contributed by atoms with Gasteiger partial charge in [-0.3, -0.25) is 0 Å². The molecule has 5 rings (SSSR count). The van der Waals surface area contributed by atoms with Crippen molar-refractivity contribution in [3.05, 3.63) is 15.6 Å². The highest BCUT2D eigenvalue weighted by molar-refractivity contribution is 9.10. The summed E-state index contributed by atoms with van der Waals surface area (Å²) in [5.41, 5.74) is 0.743. The van der Waals surface area contributed by atoms with E-state index in [2.05, 4.69) is 44.7 Å². The lowest BCUT2D eigenvalue weighted by atomic mass is 10.2. The fourth-order valence-corrected chi connectivity index (χ4v) is 5.04. The molecule has 33 heavy (non-hydrogen) atoms. The Morgan fingerprint density at radius 2 is 1.88 bits per heavy atom. The average molecular weight is 540 g/mol. The van der Waals surface area contributed by atoms with Crippen molar-refractivity contribution in [1.82, 2.24) is 19.8 Å². The van der Waals surface area contributed by atoms with Gasteiger partial charge in [-0.05, 0) is 55.4 Å². The molecule has 9 nitrogen and oxygen atoms in total. The number of carboxylic acid groups (broad SMARTS) is 1. The highest BCUT2D eigenvalue weighted by Crippen LogP contribution is 2.44. The van der Waals surface area contributed by atoms with Crippen molar-refractivity contribution in [2.45, 2.75) is 31.4 Å². The number of rotatable bonds is 5. The fraction of sp³-hybridized carbons (Fsp3) is 0.591. The third-order valence-corrected chi connectivity index (χ3v) is 7.96. The Morgan fingerprint density at radius 3 is 2.48 bits per heavy atom. The van der Waals surface area contributed by atoms with Gasteiger partial charge in [0.15, 0.2) is 5.75 Å². The maximum absolute atomic E-state index is 11.4. The number of nitrogens with zero attached hydrogens (tertiary/aromatic N) is 6. The normalized spacial score (nSPS) is 21.4. The number of hydrogen-bond acceptors (Lipinski definition) is 7. The van der Waals surface area contributed by atoms with Crippen molar-refractivity contribution in [1.29, 1.82) is 0 Å². The van der Waals surface area contributed by atoms with Crippen molar-refractivity contribution < 1.29 is 14.6 Å². The zero-order chi connectivity index (χ0) is 23.3. The number of benzene rings is 1. The lowest BCUT2D eigenvalue weighted by molar-refractivity contribution is 0.142. The Hall–Kier alpha value is -2.04. The number of halogens is 2. The number of fused-ring (bicyclic) bond motifs is 1. The molecule has 2 aromatic rings. The van der Waals surface area contributed by atoms with Crippen LogP contribution < -0.4 is 14.5 Å². The Morgan fingerprint density at radius 1 is 1.15 bits per heavy atom. The zero-order valence-corrected chi connectivity index (χ0v) is 21.1. The molecule has 1 saturated carbocycles. The molecule has 178 valence electrons. The first-order valence-electron chi connectivity index (χ1n) is 11.3. The van der Waals surface area contributed by atoms with Crippen LogP contribution in [0.25, 0.3) is 10.9 Å². The van der Waals surface area contributed by atoms with Crippen LogP contribution in [0.3, 0.4) is 0 Å². The summed E-state index contributed by atoms with van der Waals surface area (Å²) in [6.45, 7) is 3.72. The number of likely N-dealkylation sites (N-methyl/N-ethyl adjacent to an activating group) is 1. The van der Waals surface area contributed by atoms with Gasteiger partial charge in [-0.1, -0.05) is 11.6 Å². The molecule has 3 heterocycles. The van der Waals surface area contributed by atoms with E-state index >= 15 is 0 Å². The quantitative estimate of drug-likeness (QED) is 0.618. The van der Waals surface area contributed by atoms with Crippen LogP contribution in [0.2, 0.25) is 5.02 Å². The highest BCUT2D eigenvalue weighted by atomic mass is 79.9. The smallest absolute Gasteiger partial charge is 0.407 e.